The molecule has 0 aromatic carbocycles. The van der Waals surface area contributed by atoms with Gasteiger partial charge >= 0.3 is 0 Å². The van der Waals surface area contributed by atoms with E-state index >= 15 is 0 Å². The third-order valence-electron chi connectivity index (χ3n) is 2.44. The van der Waals surface area contributed by atoms with Crippen LogP contribution in [-0.4, -0.2) is 10.9 Å². The van der Waals surface area contributed by atoms with Gasteiger partial charge in [0.15, 0.2) is 0 Å². The lowest BCUT2D eigenvalue weighted by Gasteiger charge is -2.02. The Labute approximate surface area is 105 Å². The first-order valence-electron chi connectivity index (χ1n) is 5.55. The Morgan fingerprint density at radius 3 is 2.71 bits per heavy atom. The Morgan fingerprint density at radius 2 is 2.06 bits per heavy atom. The fourth-order valence-electron chi connectivity index (χ4n) is 1.46. The standard InChI is InChI=1S/C13H14N2OS/c1-2-11-3-4-12(17-11)13(16)15-9-10-5-7-14-8-6-10/h3-8H,2,9H2,1H3,(H,15,16). The molecule has 17 heavy (non-hydrogen) atoms. The maximum absolute atomic E-state index is 11.8. The summed E-state index contributed by atoms with van der Waals surface area (Å²) in [7, 11) is 0. The molecule has 2 aromatic heterocycles. The summed E-state index contributed by atoms with van der Waals surface area (Å²) < 4.78 is 0. The lowest BCUT2D eigenvalue weighted by molar-refractivity contribution is 0.0955. The van der Waals surface area contributed by atoms with Crippen LogP contribution in [0, 0.1) is 0 Å². The summed E-state index contributed by atoms with van der Waals surface area (Å²) in [5.41, 5.74) is 1.06. The van der Waals surface area contributed by atoms with Crippen molar-refractivity contribution in [1.82, 2.24) is 10.3 Å². The number of hydrogen-bond acceptors (Lipinski definition) is 3. The van der Waals surface area contributed by atoms with Crippen LogP contribution >= 0.6 is 11.3 Å². The van der Waals surface area contributed by atoms with Gasteiger partial charge in [-0.05, 0) is 36.2 Å². The fraction of sp³-hybridized carbons (Fsp3) is 0.231. The van der Waals surface area contributed by atoms with Crippen molar-refractivity contribution in [1.29, 1.82) is 0 Å². The van der Waals surface area contributed by atoms with Crippen LogP contribution in [0.5, 0.6) is 0 Å². The van der Waals surface area contributed by atoms with E-state index in [4.69, 9.17) is 0 Å². The highest BCUT2D eigenvalue weighted by Crippen LogP contribution is 2.16. The van der Waals surface area contributed by atoms with Crippen LogP contribution in [-0.2, 0) is 13.0 Å². The number of carbonyl (C=O) groups is 1. The van der Waals surface area contributed by atoms with Gasteiger partial charge in [-0.3, -0.25) is 9.78 Å². The van der Waals surface area contributed by atoms with Gasteiger partial charge in [0.25, 0.3) is 5.91 Å². The number of rotatable bonds is 4. The summed E-state index contributed by atoms with van der Waals surface area (Å²) in [5, 5.41) is 2.90. The summed E-state index contributed by atoms with van der Waals surface area (Å²) >= 11 is 1.55. The summed E-state index contributed by atoms with van der Waals surface area (Å²) in [6.07, 6.45) is 4.42. The van der Waals surface area contributed by atoms with E-state index in [2.05, 4.69) is 17.2 Å². The van der Waals surface area contributed by atoms with E-state index in [0.717, 1.165) is 16.9 Å². The minimum Gasteiger partial charge on any atom is -0.347 e. The van der Waals surface area contributed by atoms with Gasteiger partial charge in [-0.15, -0.1) is 11.3 Å². The minimum absolute atomic E-state index is 0.00786. The Balaban J connectivity index is 1.93. The predicted molar refractivity (Wildman–Crippen MR) is 69.1 cm³/mol. The molecule has 0 fully saturated rings. The molecule has 0 bridgehead atoms. The summed E-state index contributed by atoms with van der Waals surface area (Å²) in [6.45, 7) is 2.63. The molecule has 0 aliphatic carbocycles. The number of nitrogens with one attached hydrogen (secondary N) is 1. The van der Waals surface area contributed by atoms with Gasteiger partial charge < -0.3 is 5.32 Å². The highest BCUT2D eigenvalue weighted by molar-refractivity contribution is 7.14. The number of carbonyl (C=O) groups excluding carboxylic acids is 1. The van der Waals surface area contributed by atoms with E-state index in [1.54, 1.807) is 23.7 Å². The molecule has 0 unspecified atom stereocenters. The Bertz CT molecular complexity index is 493. The molecule has 2 aromatic rings. The summed E-state index contributed by atoms with van der Waals surface area (Å²) in [6, 6.07) is 7.68. The molecular formula is C13H14N2OS. The normalized spacial score (nSPS) is 10.2. The molecule has 1 amide bonds. The zero-order chi connectivity index (χ0) is 12.1. The zero-order valence-electron chi connectivity index (χ0n) is 9.64. The molecule has 0 aliphatic rings. The van der Waals surface area contributed by atoms with Gasteiger partial charge in [-0.2, -0.15) is 0 Å². The van der Waals surface area contributed by atoms with Crippen LogP contribution in [0.4, 0.5) is 0 Å². The highest BCUT2D eigenvalue weighted by Gasteiger charge is 2.07. The molecule has 0 aliphatic heterocycles. The third kappa shape index (κ3) is 3.14. The molecule has 88 valence electrons. The Morgan fingerprint density at radius 1 is 1.29 bits per heavy atom. The van der Waals surface area contributed by atoms with Gasteiger partial charge in [0.1, 0.15) is 0 Å². The van der Waals surface area contributed by atoms with E-state index in [1.165, 1.54) is 4.88 Å². The molecule has 0 atom stereocenters. The van der Waals surface area contributed by atoms with E-state index in [1.807, 2.05) is 24.3 Å². The van der Waals surface area contributed by atoms with E-state index in [0.29, 0.717) is 6.54 Å². The number of pyridine rings is 1. The molecule has 2 heterocycles. The van der Waals surface area contributed by atoms with Crippen LogP contribution < -0.4 is 5.32 Å². The van der Waals surface area contributed by atoms with E-state index in [-0.39, 0.29) is 5.91 Å². The molecule has 2 rings (SSSR count). The predicted octanol–water partition coefficient (Wildman–Crippen LogP) is 2.64. The summed E-state index contributed by atoms with van der Waals surface area (Å²) in [4.78, 5) is 17.8. The lowest BCUT2D eigenvalue weighted by atomic mass is 10.2. The number of aromatic nitrogens is 1. The van der Waals surface area contributed by atoms with Crippen LogP contribution in [0.1, 0.15) is 27.0 Å². The average Bonchev–Trinajstić information content (AvgIpc) is 2.86. The van der Waals surface area contributed by atoms with Gasteiger partial charge in [-0.25, -0.2) is 0 Å². The monoisotopic (exact) mass is 246 g/mol. The second-order valence-electron chi connectivity index (χ2n) is 3.66. The van der Waals surface area contributed by atoms with Gasteiger partial charge in [0, 0.05) is 23.8 Å². The van der Waals surface area contributed by atoms with E-state index < -0.39 is 0 Å². The molecule has 0 spiro atoms. The molecule has 0 saturated heterocycles. The van der Waals surface area contributed by atoms with Crippen molar-refractivity contribution in [2.45, 2.75) is 19.9 Å². The van der Waals surface area contributed by atoms with E-state index in [9.17, 15) is 4.79 Å². The second-order valence-corrected chi connectivity index (χ2v) is 4.83. The molecule has 0 saturated carbocycles. The Hall–Kier alpha value is -1.68. The molecule has 4 heteroatoms. The molecule has 1 N–H and O–H groups in total. The first kappa shape index (κ1) is 11.8. The SMILES string of the molecule is CCc1ccc(C(=O)NCc2ccncc2)s1. The Kier molecular flexibility index (Phi) is 3.88. The van der Waals surface area contributed by atoms with Crippen LogP contribution in [0.2, 0.25) is 0 Å². The number of thiophene rings is 1. The summed E-state index contributed by atoms with van der Waals surface area (Å²) in [5.74, 6) is -0.00786. The molecule has 0 radical (unpaired) electrons. The minimum atomic E-state index is -0.00786. The van der Waals surface area contributed by atoms with Crippen molar-refractivity contribution >= 4 is 17.2 Å². The number of amides is 1. The van der Waals surface area contributed by atoms with Crippen molar-refractivity contribution in [3.05, 3.63) is 52.0 Å². The largest absolute Gasteiger partial charge is 0.347 e. The fourth-order valence-corrected chi connectivity index (χ4v) is 2.32. The van der Waals surface area contributed by atoms with Crippen LogP contribution in [0.3, 0.4) is 0 Å². The van der Waals surface area contributed by atoms with Gasteiger partial charge in [0.2, 0.25) is 0 Å². The third-order valence-corrected chi connectivity index (χ3v) is 3.66. The number of hydrogen-bond donors (Lipinski definition) is 1. The quantitative estimate of drug-likeness (QED) is 0.901. The van der Waals surface area contributed by atoms with Crippen LogP contribution in [0.15, 0.2) is 36.7 Å². The first-order chi connectivity index (χ1) is 8.29. The topological polar surface area (TPSA) is 42.0 Å². The second kappa shape index (κ2) is 5.59. The maximum Gasteiger partial charge on any atom is 0.261 e. The first-order valence-corrected chi connectivity index (χ1v) is 6.37. The number of aryl methyl sites for hydroxylation is 1. The van der Waals surface area contributed by atoms with Crippen molar-refractivity contribution in [2.24, 2.45) is 0 Å². The van der Waals surface area contributed by atoms with Crippen LogP contribution in [0.25, 0.3) is 0 Å². The van der Waals surface area contributed by atoms with Crippen molar-refractivity contribution in [3.63, 3.8) is 0 Å². The average molecular weight is 246 g/mol. The smallest absolute Gasteiger partial charge is 0.261 e. The van der Waals surface area contributed by atoms with Gasteiger partial charge in [0.05, 0.1) is 4.88 Å². The van der Waals surface area contributed by atoms with Gasteiger partial charge in [-0.1, -0.05) is 6.92 Å². The van der Waals surface area contributed by atoms with Crippen molar-refractivity contribution in [3.8, 4) is 0 Å². The highest BCUT2D eigenvalue weighted by atomic mass is 32.1. The van der Waals surface area contributed by atoms with Crippen molar-refractivity contribution in [2.75, 3.05) is 0 Å². The number of nitrogens with zero attached hydrogens (tertiary/aromatic N) is 1. The van der Waals surface area contributed by atoms with Crippen molar-refractivity contribution < 1.29 is 4.79 Å². The molecule has 3 nitrogen and oxygen atoms in total. The lowest BCUT2D eigenvalue weighted by Crippen LogP contribution is -2.21. The molecular weight excluding hydrogens is 232 g/mol. The zero-order valence-corrected chi connectivity index (χ0v) is 10.5. The maximum atomic E-state index is 11.8.